The largest absolute Gasteiger partial charge is 0.361 e. The van der Waals surface area contributed by atoms with E-state index in [-0.39, 0.29) is 0 Å². The maximum atomic E-state index is 3.40. The van der Waals surface area contributed by atoms with Crippen molar-refractivity contribution in [3.63, 3.8) is 0 Å². The minimum absolute atomic E-state index is 0.720. The fourth-order valence-electron chi connectivity index (χ4n) is 4.44. The lowest BCUT2D eigenvalue weighted by molar-refractivity contribution is 0.204. The van der Waals surface area contributed by atoms with Crippen molar-refractivity contribution < 1.29 is 0 Å². The van der Waals surface area contributed by atoms with Gasteiger partial charge in [0.1, 0.15) is 0 Å². The van der Waals surface area contributed by atoms with Crippen LogP contribution in [0.1, 0.15) is 48.3 Å². The van der Waals surface area contributed by atoms with Gasteiger partial charge in [-0.1, -0.05) is 48.0 Å². The molecular weight excluding hydrogens is 316 g/mol. The molecule has 0 spiro atoms. The topological polar surface area (TPSA) is 19.0 Å². The molecule has 0 aliphatic carbocycles. The maximum Gasteiger partial charge on any atom is 0.0456 e. The van der Waals surface area contributed by atoms with Gasteiger partial charge in [-0.2, -0.15) is 0 Å². The first-order valence-electron chi connectivity index (χ1n) is 10.1. The molecule has 1 saturated heterocycles. The number of fused-ring (bicyclic) bond motifs is 1. The second kappa shape index (κ2) is 8.09. The SMILES string of the molecule is Cc1cccc(C2CCCN(CCCCc3c[nH]c4ccccc34)C2)c1. The number of aromatic amines is 1. The molecule has 0 bridgehead atoms. The van der Waals surface area contributed by atoms with Gasteiger partial charge in [-0.05, 0) is 75.2 Å². The smallest absolute Gasteiger partial charge is 0.0456 e. The minimum atomic E-state index is 0.720. The first-order chi connectivity index (χ1) is 12.8. The Labute approximate surface area is 157 Å². The number of para-hydroxylation sites is 1. The molecular formula is C24H30N2. The van der Waals surface area contributed by atoms with Crippen LogP contribution in [0, 0.1) is 6.92 Å². The van der Waals surface area contributed by atoms with Crippen molar-refractivity contribution in [3.8, 4) is 0 Å². The van der Waals surface area contributed by atoms with Gasteiger partial charge in [-0.25, -0.2) is 0 Å². The molecule has 0 radical (unpaired) electrons. The highest BCUT2D eigenvalue weighted by Crippen LogP contribution is 2.27. The maximum absolute atomic E-state index is 3.40. The van der Waals surface area contributed by atoms with Gasteiger partial charge in [-0.15, -0.1) is 0 Å². The van der Waals surface area contributed by atoms with Crippen molar-refractivity contribution in [2.75, 3.05) is 19.6 Å². The number of aromatic nitrogens is 1. The number of H-pyrrole nitrogens is 1. The second-order valence-electron chi connectivity index (χ2n) is 7.87. The summed E-state index contributed by atoms with van der Waals surface area (Å²) in [5.41, 5.74) is 5.66. The summed E-state index contributed by atoms with van der Waals surface area (Å²) < 4.78 is 0. The molecule has 2 nitrogen and oxygen atoms in total. The Bertz CT molecular complexity index is 848. The Balaban J connectivity index is 1.27. The predicted octanol–water partition coefficient (Wildman–Crippen LogP) is 5.68. The first kappa shape index (κ1) is 17.4. The number of hydrogen-bond acceptors (Lipinski definition) is 1. The molecule has 1 fully saturated rings. The third-order valence-electron chi connectivity index (χ3n) is 5.86. The van der Waals surface area contributed by atoms with E-state index >= 15 is 0 Å². The van der Waals surface area contributed by atoms with Gasteiger partial charge in [0.25, 0.3) is 0 Å². The summed E-state index contributed by atoms with van der Waals surface area (Å²) in [4.78, 5) is 6.08. The highest BCUT2D eigenvalue weighted by atomic mass is 15.1. The fourth-order valence-corrected chi connectivity index (χ4v) is 4.44. The van der Waals surface area contributed by atoms with Gasteiger partial charge in [0.05, 0.1) is 0 Å². The van der Waals surface area contributed by atoms with Crippen LogP contribution in [-0.2, 0) is 6.42 Å². The summed E-state index contributed by atoms with van der Waals surface area (Å²) in [6, 6.07) is 17.8. The lowest BCUT2D eigenvalue weighted by atomic mass is 9.89. The number of rotatable bonds is 6. The van der Waals surface area contributed by atoms with Gasteiger partial charge < -0.3 is 9.88 Å². The van der Waals surface area contributed by atoms with Crippen molar-refractivity contribution >= 4 is 10.9 Å². The molecule has 2 heteroatoms. The van der Waals surface area contributed by atoms with E-state index in [1.165, 1.54) is 79.3 Å². The van der Waals surface area contributed by atoms with Crippen LogP contribution in [0.2, 0.25) is 0 Å². The number of nitrogens with zero attached hydrogens (tertiary/aromatic N) is 1. The number of unbranched alkanes of at least 4 members (excludes halogenated alkanes) is 1. The lowest BCUT2D eigenvalue weighted by Gasteiger charge is -2.33. The van der Waals surface area contributed by atoms with Gasteiger partial charge in [0, 0.05) is 23.6 Å². The zero-order valence-electron chi connectivity index (χ0n) is 15.9. The molecule has 3 aromatic rings. The minimum Gasteiger partial charge on any atom is -0.361 e. The summed E-state index contributed by atoms with van der Waals surface area (Å²) in [7, 11) is 0. The molecule has 4 rings (SSSR count). The van der Waals surface area contributed by atoms with Crippen molar-refractivity contribution in [1.29, 1.82) is 0 Å². The van der Waals surface area contributed by atoms with Gasteiger partial charge in [-0.3, -0.25) is 0 Å². The van der Waals surface area contributed by atoms with Crippen molar-refractivity contribution in [1.82, 2.24) is 9.88 Å². The van der Waals surface area contributed by atoms with E-state index in [9.17, 15) is 0 Å². The average Bonchev–Trinajstić information content (AvgIpc) is 3.09. The van der Waals surface area contributed by atoms with Crippen LogP contribution in [0.25, 0.3) is 10.9 Å². The zero-order valence-corrected chi connectivity index (χ0v) is 15.9. The van der Waals surface area contributed by atoms with Crippen LogP contribution in [0.5, 0.6) is 0 Å². The van der Waals surface area contributed by atoms with Crippen LogP contribution >= 0.6 is 0 Å². The fraction of sp³-hybridized carbons (Fsp3) is 0.417. The molecule has 2 aromatic carbocycles. The number of piperidine rings is 1. The number of hydrogen-bond donors (Lipinski definition) is 1. The Kier molecular flexibility index (Phi) is 5.40. The van der Waals surface area contributed by atoms with E-state index in [1.54, 1.807) is 0 Å². The summed E-state index contributed by atoms with van der Waals surface area (Å²) in [5, 5.41) is 1.39. The summed E-state index contributed by atoms with van der Waals surface area (Å²) in [6.45, 7) is 5.95. The van der Waals surface area contributed by atoms with E-state index in [0.29, 0.717) is 0 Å². The van der Waals surface area contributed by atoms with E-state index in [0.717, 1.165) is 5.92 Å². The van der Waals surface area contributed by atoms with Crippen LogP contribution in [0.4, 0.5) is 0 Å². The Morgan fingerprint density at radius 3 is 2.92 bits per heavy atom. The first-order valence-corrected chi connectivity index (χ1v) is 10.1. The Hall–Kier alpha value is -2.06. The molecule has 1 atom stereocenters. The Morgan fingerprint density at radius 1 is 1.08 bits per heavy atom. The summed E-state index contributed by atoms with van der Waals surface area (Å²) in [6.07, 6.45) is 8.61. The monoisotopic (exact) mass is 346 g/mol. The summed E-state index contributed by atoms with van der Waals surface area (Å²) in [5.74, 6) is 0.720. The number of likely N-dealkylation sites (tertiary alicyclic amines) is 1. The van der Waals surface area contributed by atoms with Gasteiger partial charge in [0.15, 0.2) is 0 Å². The van der Waals surface area contributed by atoms with Crippen LogP contribution in [0.3, 0.4) is 0 Å². The van der Waals surface area contributed by atoms with E-state index in [4.69, 9.17) is 0 Å². The Morgan fingerprint density at radius 2 is 2.00 bits per heavy atom. The predicted molar refractivity (Wildman–Crippen MR) is 111 cm³/mol. The highest BCUT2D eigenvalue weighted by Gasteiger charge is 2.20. The molecule has 2 heterocycles. The zero-order chi connectivity index (χ0) is 17.8. The quantitative estimate of drug-likeness (QED) is 0.569. The molecule has 1 unspecified atom stereocenters. The number of aryl methyl sites for hydroxylation is 2. The van der Waals surface area contributed by atoms with Crippen molar-refractivity contribution in [2.45, 2.75) is 44.9 Å². The summed E-state index contributed by atoms with van der Waals surface area (Å²) >= 11 is 0. The highest BCUT2D eigenvalue weighted by molar-refractivity contribution is 5.82. The molecule has 1 aliphatic heterocycles. The number of nitrogens with one attached hydrogen (secondary N) is 1. The number of benzene rings is 2. The molecule has 136 valence electrons. The van der Waals surface area contributed by atoms with Crippen molar-refractivity contribution in [2.24, 2.45) is 0 Å². The van der Waals surface area contributed by atoms with Crippen LogP contribution in [0.15, 0.2) is 54.7 Å². The molecule has 26 heavy (non-hydrogen) atoms. The van der Waals surface area contributed by atoms with Gasteiger partial charge in [0.2, 0.25) is 0 Å². The van der Waals surface area contributed by atoms with E-state index < -0.39 is 0 Å². The third kappa shape index (κ3) is 4.02. The molecule has 1 aromatic heterocycles. The third-order valence-corrected chi connectivity index (χ3v) is 5.86. The van der Waals surface area contributed by atoms with Gasteiger partial charge >= 0.3 is 0 Å². The van der Waals surface area contributed by atoms with Crippen molar-refractivity contribution in [3.05, 3.63) is 71.4 Å². The lowest BCUT2D eigenvalue weighted by Crippen LogP contribution is -2.35. The van der Waals surface area contributed by atoms with Crippen LogP contribution in [-0.4, -0.2) is 29.5 Å². The van der Waals surface area contributed by atoms with E-state index in [2.05, 4.69) is 71.5 Å². The second-order valence-corrected chi connectivity index (χ2v) is 7.87. The molecule has 1 aliphatic rings. The van der Waals surface area contributed by atoms with E-state index in [1.807, 2.05) is 0 Å². The average molecular weight is 347 g/mol. The molecule has 0 saturated carbocycles. The molecule has 1 N–H and O–H groups in total. The standard InChI is InChI=1S/C24H30N2/c1-19-8-6-10-20(16-19)22-11-7-15-26(18-22)14-5-4-9-21-17-25-24-13-3-2-12-23(21)24/h2-3,6,8,10,12-13,16-17,22,25H,4-5,7,9,11,14-15,18H2,1H3. The molecule has 0 amide bonds. The van der Waals surface area contributed by atoms with Crippen LogP contribution < -0.4 is 0 Å². The normalized spacial score (nSPS) is 18.4.